The van der Waals surface area contributed by atoms with Gasteiger partial charge in [0, 0.05) is 12.6 Å². The molecule has 0 spiro atoms. The van der Waals surface area contributed by atoms with Crippen molar-refractivity contribution in [2.45, 2.75) is 13.0 Å². The van der Waals surface area contributed by atoms with Crippen LogP contribution >= 0.6 is 0 Å². The van der Waals surface area contributed by atoms with E-state index in [4.69, 9.17) is 4.74 Å². The Morgan fingerprint density at radius 1 is 1.21 bits per heavy atom. The Kier molecular flexibility index (Phi) is 5.68. The monoisotopic (exact) mass is 331 g/mol. The number of halogens is 2. The molecule has 0 saturated heterocycles. The van der Waals surface area contributed by atoms with E-state index in [2.05, 4.69) is 6.58 Å². The van der Waals surface area contributed by atoms with Gasteiger partial charge in [0.2, 0.25) is 0 Å². The van der Waals surface area contributed by atoms with Gasteiger partial charge in [-0.15, -0.1) is 0 Å². The molecule has 0 radical (unpaired) electrons. The van der Waals surface area contributed by atoms with E-state index in [1.165, 1.54) is 11.0 Å². The molecule has 126 valence electrons. The summed E-state index contributed by atoms with van der Waals surface area (Å²) in [6.45, 7) is 5.71. The Morgan fingerprint density at radius 3 is 2.46 bits per heavy atom. The molecule has 1 atom stereocenters. The Balaban J connectivity index is 2.12. The lowest BCUT2D eigenvalue weighted by molar-refractivity contribution is 0.0742. The van der Waals surface area contributed by atoms with Gasteiger partial charge < -0.3 is 9.64 Å². The van der Waals surface area contributed by atoms with Crippen molar-refractivity contribution in [1.29, 1.82) is 0 Å². The van der Waals surface area contributed by atoms with Crippen molar-refractivity contribution < 1.29 is 18.3 Å². The maximum absolute atomic E-state index is 13.4. The quantitative estimate of drug-likeness (QED) is 0.736. The second-order valence-corrected chi connectivity index (χ2v) is 5.39. The molecule has 1 amide bonds. The number of nitrogens with zero attached hydrogens (tertiary/aromatic N) is 1. The molecule has 0 heterocycles. The summed E-state index contributed by atoms with van der Waals surface area (Å²) in [5.74, 6) is -1.41. The van der Waals surface area contributed by atoms with Crippen molar-refractivity contribution in [1.82, 2.24) is 4.90 Å². The average molecular weight is 331 g/mol. The van der Waals surface area contributed by atoms with Crippen LogP contribution in [0.1, 0.15) is 28.9 Å². The molecule has 0 aliphatic heterocycles. The van der Waals surface area contributed by atoms with Crippen LogP contribution in [0.5, 0.6) is 5.75 Å². The topological polar surface area (TPSA) is 29.5 Å². The summed E-state index contributed by atoms with van der Waals surface area (Å²) < 4.78 is 31.8. The van der Waals surface area contributed by atoms with E-state index >= 15 is 0 Å². The average Bonchev–Trinajstić information content (AvgIpc) is 2.60. The molecule has 0 aliphatic rings. The molecular weight excluding hydrogens is 312 g/mol. The minimum Gasteiger partial charge on any atom is -0.490 e. The van der Waals surface area contributed by atoms with Gasteiger partial charge in [-0.2, -0.15) is 0 Å². The number of benzene rings is 2. The summed E-state index contributed by atoms with van der Waals surface area (Å²) in [7, 11) is 1.62. The Hall–Kier alpha value is -2.69. The number of amides is 1. The molecule has 3 nitrogen and oxygen atoms in total. The number of carbonyl (C=O) groups excluding carboxylic acids is 1. The first kappa shape index (κ1) is 17.7. The minimum atomic E-state index is -0.927. The van der Waals surface area contributed by atoms with Crippen molar-refractivity contribution in [3.05, 3.63) is 77.9 Å². The van der Waals surface area contributed by atoms with Crippen molar-refractivity contribution in [2.24, 2.45) is 0 Å². The van der Waals surface area contributed by atoms with E-state index < -0.39 is 17.7 Å². The second kappa shape index (κ2) is 7.73. The van der Waals surface area contributed by atoms with Crippen LogP contribution in [0, 0.1) is 11.6 Å². The smallest absolute Gasteiger partial charge is 0.254 e. The first-order valence-corrected chi connectivity index (χ1v) is 7.50. The highest BCUT2D eigenvalue weighted by Gasteiger charge is 2.20. The van der Waals surface area contributed by atoms with Crippen molar-refractivity contribution in [2.75, 3.05) is 13.7 Å². The Morgan fingerprint density at radius 2 is 1.88 bits per heavy atom. The van der Waals surface area contributed by atoms with Gasteiger partial charge in [-0.1, -0.05) is 18.7 Å². The number of hydrogen-bond acceptors (Lipinski definition) is 2. The lowest BCUT2D eigenvalue weighted by atomic mass is 10.1. The zero-order valence-electron chi connectivity index (χ0n) is 13.6. The third-order valence-corrected chi connectivity index (χ3v) is 3.80. The minimum absolute atomic E-state index is 0.220. The summed E-state index contributed by atoms with van der Waals surface area (Å²) in [5.41, 5.74) is 1.01. The lowest BCUT2D eigenvalue weighted by Crippen LogP contribution is -2.29. The third kappa shape index (κ3) is 3.98. The molecule has 0 N–H and O–H groups in total. The summed E-state index contributed by atoms with van der Waals surface area (Å²) in [5, 5.41) is 0. The molecule has 2 rings (SSSR count). The number of carbonyl (C=O) groups is 1. The first-order valence-electron chi connectivity index (χ1n) is 7.50. The molecule has 0 saturated carbocycles. The highest BCUT2D eigenvalue weighted by Crippen LogP contribution is 2.23. The van der Waals surface area contributed by atoms with Gasteiger partial charge >= 0.3 is 0 Å². The fraction of sp³-hybridized carbons (Fsp3) is 0.211. The summed E-state index contributed by atoms with van der Waals surface area (Å²) in [6, 6.07) is 9.97. The van der Waals surface area contributed by atoms with Crippen LogP contribution in [0.25, 0.3) is 0 Å². The lowest BCUT2D eigenvalue weighted by Gasteiger charge is -2.25. The van der Waals surface area contributed by atoms with Crippen LogP contribution in [0.3, 0.4) is 0 Å². The van der Waals surface area contributed by atoms with E-state index in [0.717, 1.165) is 12.1 Å². The van der Waals surface area contributed by atoms with Crippen molar-refractivity contribution in [3.8, 4) is 5.75 Å². The molecular formula is C19H19F2NO2. The summed E-state index contributed by atoms with van der Waals surface area (Å²) in [6.07, 6.45) is 1.64. The normalized spacial score (nSPS) is 11.7. The van der Waals surface area contributed by atoms with Crippen LogP contribution in [0.15, 0.2) is 55.1 Å². The van der Waals surface area contributed by atoms with E-state index in [1.807, 2.05) is 0 Å². The van der Waals surface area contributed by atoms with Crippen LogP contribution in [0.2, 0.25) is 0 Å². The predicted octanol–water partition coefficient (Wildman–Crippen LogP) is 4.36. The van der Waals surface area contributed by atoms with Gasteiger partial charge in [0.25, 0.3) is 5.91 Å². The maximum atomic E-state index is 13.4. The van der Waals surface area contributed by atoms with Crippen LogP contribution in [-0.2, 0) is 0 Å². The second-order valence-electron chi connectivity index (χ2n) is 5.39. The zero-order valence-corrected chi connectivity index (χ0v) is 13.6. The van der Waals surface area contributed by atoms with Crippen LogP contribution in [0.4, 0.5) is 8.78 Å². The summed E-state index contributed by atoms with van der Waals surface area (Å²) >= 11 is 0. The standard InChI is InChI=1S/C19H19F2NO2/c1-4-11-24-16-8-5-14(6-9-16)19(23)22(3)13(2)15-7-10-17(20)18(21)12-15/h4-10,12-13H,1,11H2,2-3H3. The van der Waals surface area contributed by atoms with E-state index in [-0.39, 0.29) is 5.91 Å². The molecule has 0 fully saturated rings. The van der Waals surface area contributed by atoms with Crippen LogP contribution in [-0.4, -0.2) is 24.5 Å². The Labute approximate surface area is 140 Å². The molecule has 2 aromatic rings. The zero-order chi connectivity index (χ0) is 17.7. The SMILES string of the molecule is C=CCOc1ccc(C(=O)N(C)C(C)c2ccc(F)c(F)c2)cc1. The van der Waals surface area contributed by atoms with Gasteiger partial charge in [0.05, 0.1) is 6.04 Å². The molecule has 0 aliphatic carbocycles. The van der Waals surface area contributed by atoms with Crippen molar-refractivity contribution >= 4 is 5.91 Å². The van der Waals surface area contributed by atoms with Gasteiger partial charge in [-0.25, -0.2) is 8.78 Å². The molecule has 2 aromatic carbocycles. The van der Waals surface area contributed by atoms with Crippen LogP contribution < -0.4 is 4.74 Å². The third-order valence-electron chi connectivity index (χ3n) is 3.80. The molecule has 24 heavy (non-hydrogen) atoms. The van der Waals surface area contributed by atoms with Gasteiger partial charge in [0.15, 0.2) is 11.6 Å². The van der Waals surface area contributed by atoms with E-state index in [1.54, 1.807) is 44.3 Å². The van der Waals surface area contributed by atoms with E-state index in [0.29, 0.717) is 23.5 Å². The van der Waals surface area contributed by atoms with Crippen molar-refractivity contribution in [3.63, 3.8) is 0 Å². The number of rotatable bonds is 6. The van der Waals surface area contributed by atoms with Gasteiger partial charge in [0.1, 0.15) is 12.4 Å². The highest BCUT2D eigenvalue weighted by atomic mass is 19.2. The number of ether oxygens (including phenoxy) is 1. The molecule has 0 aromatic heterocycles. The fourth-order valence-corrected chi connectivity index (χ4v) is 2.22. The molecule has 1 unspecified atom stereocenters. The highest BCUT2D eigenvalue weighted by molar-refractivity contribution is 5.94. The molecule has 0 bridgehead atoms. The fourth-order valence-electron chi connectivity index (χ4n) is 2.22. The largest absolute Gasteiger partial charge is 0.490 e. The number of hydrogen-bond donors (Lipinski definition) is 0. The maximum Gasteiger partial charge on any atom is 0.254 e. The van der Waals surface area contributed by atoms with Gasteiger partial charge in [-0.3, -0.25) is 4.79 Å². The Bertz CT molecular complexity index is 729. The van der Waals surface area contributed by atoms with Gasteiger partial charge in [-0.05, 0) is 48.9 Å². The van der Waals surface area contributed by atoms with E-state index in [9.17, 15) is 13.6 Å². The first-order chi connectivity index (χ1) is 11.4. The predicted molar refractivity (Wildman–Crippen MR) is 89.0 cm³/mol. The molecule has 5 heteroatoms. The summed E-state index contributed by atoms with van der Waals surface area (Å²) in [4.78, 5) is 14.0.